The van der Waals surface area contributed by atoms with Gasteiger partial charge in [-0.05, 0) is 51.0 Å². The molecular weight excluding hydrogens is 374 g/mol. The van der Waals surface area contributed by atoms with Gasteiger partial charge in [-0.3, -0.25) is 4.79 Å². The Bertz CT molecular complexity index is 685. The number of methoxy groups -OCH3 is 1. The van der Waals surface area contributed by atoms with Crippen molar-refractivity contribution in [3.05, 3.63) is 24.3 Å². The van der Waals surface area contributed by atoms with Gasteiger partial charge in [0.2, 0.25) is 5.91 Å². The molecule has 9 nitrogen and oxygen atoms in total. The Kier molecular flexibility index (Phi) is 8.72. The van der Waals surface area contributed by atoms with Crippen LogP contribution in [0.1, 0.15) is 26.7 Å². The molecule has 29 heavy (non-hydrogen) atoms. The van der Waals surface area contributed by atoms with Crippen LogP contribution < -0.4 is 21.3 Å². The molecule has 0 bridgehead atoms. The van der Waals surface area contributed by atoms with Gasteiger partial charge in [0.15, 0.2) is 0 Å². The van der Waals surface area contributed by atoms with Gasteiger partial charge in [0.1, 0.15) is 0 Å². The molecule has 5 amide bonds. The van der Waals surface area contributed by atoms with E-state index in [9.17, 15) is 14.4 Å². The maximum Gasteiger partial charge on any atom is 0.321 e. The summed E-state index contributed by atoms with van der Waals surface area (Å²) < 4.78 is 4.93. The lowest BCUT2D eigenvalue weighted by molar-refractivity contribution is -0.126. The first kappa shape index (κ1) is 22.5. The van der Waals surface area contributed by atoms with Crippen molar-refractivity contribution in [2.24, 2.45) is 5.92 Å². The topological polar surface area (TPSA) is 112 Å². The zero-order chi connectivity index (χ0) is 21.2. The first-order valence-corrected chi connectivity index (χ1v) is 9.89. The van der Waals surface area contributed by atoms with Crippen molar-refractivity contribution in [3.8, 4) is 0 Å². The van der Waals surface area contributed by atoms with E-state index < -0.39 is 0 Å². The van der Waals surface area contributed by atoms with E-state index >= 15 is 0 Å². The molecule has 0 aliphatic carbocycles. The van der Waals surface area contributed by atoms with Crippen LogP contribution in [0.25, 0.3) is 0 Å². The van der Waals surface area contributed by atoms with Crippen LogP contribution in [0, 0.1) is 5.92 Å². The lowest BCUT2D eigenvalue weighted by Gasteiger charge is -2.31. The van der Waals surface area contributed by atoms with Crippen molar-refractivity contribution in [3.63, 3.8) is 0 Å². The number of hydrogen-bond acceptors (Lipinski definition) is 4. The Morgan fingerprint density at radius 1 is 1.07 bits per heavy atom. The summed E-state index contributed by atoms with van der Waals surface area (Å²) in [6.07, 6.45) is 1.28. The predicted octanol–water partition coefficient (Wildman–Crippen LogP) is 2.22. The first-order chi connectivity index (χ1) is 13.9. The number of nitrogens with zero attached hydrogens (tertiary/aromatic N) is 1. The van der Waals surface area contributed by atoms with Crippen LogP contribution in [0.5, 0.6) is 0 Å². The number of nitrogens with one attached hydrogen (secondary N) is 4. The van der Waals surface area contributed by atoms with Crippen LogP contribution in [-0.2, 0) is 9.53 Å². The monoisotopic (exact) mass is 405 g/mol. The number of amides is 5. The van der Waals surface area contributed by atoms with E-state index in [0.29, 0.717) is 50.5 Å². The number of ether oxygens (including phenoxy) is 1. The number of piperidine rings is 1. The molecule has 1 heterocycles. The van der Waals surface area contributed by atoms with E-state index in [1.807, 2.05) is 13.8 Å². The van der Waals surface area contributed by atoms with Crippen LogP contribution in [0.2, 0.25) is 0 Å². The van der Waals surface area contributed by atoms with Crippen LogP contribution in [0.3, 0.4) is 0 Å². The van der Waals surface area contributed by atoms with E-state index in [1.54, 1.807) is 36.3 Å². The van der Waals surface area contributed by atoms with Gasteiger partial charge in [-0.2, -0.15) is 0 Å². The molecule has 0 unspecified atom stereocenters. The third-order valence-electron chi connectivity index (χ3n) is 4.57. The summed E-state index contributed by atoms with van der Waals surface area (Å²) in [5.41, 5.74) is 1.28. The fourth-order valence-electron chi connectivity index (χ4n) is 3.03. The van der Waals surface area contributed by atoms with Crippen molar-refractivity contribution in [2.75, 3.05) is 44.0 Å². The third-order valence-corrected chi connectivity index (χ3v) is 4.57. The summed E-state index contributed by atoms with van der Waals surface area (Å²) in [5.74, 6) is -0.0510. The van der Waals surface area contributed by atoms with Gasteiger partial charge in [0.05, 0.1) is 6.61 Å². The fraction of sp³-hybridized carbons (Fsp3) is 0.550. The maximum atomic E-state index is 12.5. The first-order valence-electron chi connectivity index (χ1n) is 9.89. The van der Waals surface area contributed by atoms with Gasteiger partial charge in [0.25, 0.3) is 0 Å². The molecule has 1 fully saturated rings. The second-order valence-corrected chi connectivity index (χ2v) is 7.31. The predicted molar refractivity (Wildman–Crippen MR) is 112 cm³/mol. The molecule has 2 rings (SSSR count). The van der Waals surface area contributed by atoms with Gasteiger partial charge in [-0.25, -0.2) is 9.59 Å². The Hall–Kier alpha value is -2.81. The molecule has 160 valence electrons. The summed E-state index contributed by atoms with van der Waals surface area (Å²) in [5, 5.41) is 11.2. The standard InChI is InChI=1S/C20H31N5O4/c1-14(2)22-19(27)23-16-4-6-17(7-5-16)24-20(28)25-11-8-15(9-12-25)18(26)21-10-13-29-3/h4-7,14-15H,8-13H2,1-3H3,(H,21,26)(H,24,28)(H2,22,23,27). The highest BCUT2D eigenvalue weighted by molar-refractivity contribution is 5.91. The Morgan fingerprint density at radius 2 is 1.66 bits per heavy atom. The molecule has 0 spiro atoms. The summed E-state index contributed by atoms with van der Waals surface area (Å²) in [4.78, 5) is 38.0. The molecule has 0 atom stereocenters. The molecule has 1 aliphatic heterocycles. The second kappa shape index (κ2) is 11.3. The average Bonchev–Trinajstić information content (AvgIpc) is 2.69. The lowest BCUT2D eigenvalue weighted by Crippen LogP contribution is -2.45. The molecule has 0 radical (unpaired) electrons. The number of anilines is 2. The highest BCUT2D eigenvalue weighted by Gasteiger charge is 2.27. The second-order valence-electron chi connectivity index (χ2n) is 7.31. The summed E-state index contributed by atoms with van der Waals surface area (Å²) >= 11 is 0. The normalized spacial score (nSPS) is 14.4. The van der Waals surface area contributed by atoms with E-state index in [-0.39, 0.29) is 29.9 Å². The highest BCUT2D eigenvalue weighted by atomic mass is 16.5. The molecule has 0 aromatic heterocycles. The molecule has 1 saturated heterocycles. The Balaban J connectivity index is 1.76. The molecule has 4 N–H and O–H groups in total. The van der Waals surface area contributed by atoms with Crippen molar-refractivity contribution in [1.82, 2.24) is 15.5 Å². The number of benzene rings is 1. The van der Waals surface area contributed by atoms with E-state index in [2.05, 4.69) is 21.3 Å². The minimum atomic E-state index is -0.272. The number of carbonyl (C=O) groups is 3. The average molecular weight is 405 g/mol. The Morgan fingerprint density at radius 3 is 2.21 bits per heavy atom. The number of hydrogen-bond donors (Lipinski definition) is 4. The zero-order valence-corrected chi connectivity index (χ0v) is 17.3. The van der Waals surface area contributed by atoms with Crippen molar-refractivity contribution >= 4 is 29.3 Å². The van der Waals surface area contributed by atoms with Crippen molar-refractivity contribution in [1.29, 1.82) is 0 Å². The van der Waals surface area contributed by atoms with Gasteiger partial charge < -0.3 is 30.9 Å². The number of urea groups is 2. The number of carbonyl (C=O) groups excluding carboxylic acids is 3. The van der Waals surface area contributed by atoms with Crippen LogP contribution in [0.4, 0.5) is 21.0 Å². The fourth-order valence-corrected chi connectivity index (χ4v) is 3.03. The molecular formula is C20H31N5O4. The van der Waals surface area contributed by atoms with E-state index in [0.717, 1.165) is 0 Å². The highest BCUT2D eigenvalue weighted by Crippen LogP contribution is 2.19. The molecule has 1 aromatic rings. The summed E-state index contributed by atoms with van der Waals surface area (Å²) in [7, 11) is 1.59. The third kappa shape index (κ3) is 7.61. The SMILES string of the molecule is COCCNC(=O)C1CCN(C(=O)Nc2ccc(NC(=O)NC(C)C)cc2)CC1. The quantitative estimate of drug-likeness (QED) is 0.521. The molecule has 9 heteroatoms. The van der Waals surface area contributed by atoms with Gasteiger partial charge in [0, 0.05) is 50.1 Å². The van der Waals surface area contributed by atoms with E-state index in [4.69, 9.17) is 4.74 Å². The van der Waals surface area contributed by atoms with Crippen molar-refractivity contribution < 1.29 is 19.1 Å². The van der Waals surface area contributed by atoms with Crippen molar-refractivity contribution in [2.45, 2.75) is 32.7 Å². The van der Waals surface area contributed by atoms with Crippen LogP contribution in [-0.4, -0.2) is 62.3 Å². The van der Waals surface area contributed by atoms with Crippen LogP contribution in [0.15, 0.2) is 24.3 Å². The number of rotatable bonds is 7. The zero-order valence-electron chi connectivity index (χ0n) is 17.3. The lowest BCUT2D eigenvalue weighted by atomic mass is 9.96. The van der Waals surface area contributed by atoms with Gasteiger partial charge in [-0.1, -0.05) is 0 Å². The molecule has 1 aromatic carbocycles. The van der Waals surface area contributed by atoms with Gasteiger partial charge >= 0.3 is 12.1 Å². The molecule has 1 aliphatic rings. The molecule has 0 saturated carbocycles. The minimum Gasteiger partial charge on any atom is -0.383 e. The summed E-state index contributed by atoms with van der Waals surface area (Å²) in [6.45, 7) is 5.82. The Labute approximate surface area is 171 Å². The van der Waals surface area contributed by atoms with E-state index in [1.165, 1.54) is 0 Å². The minimum absolute atomic E-state index is 0.0201. The van der Waals surface area contributed by atoms with Crippen LogP contribution >= 0.6 is 0 Å². The maximum absolute atomic E-state index is 12.5. The largest absolute Gasteiger partial charge is 0.383 e. The number of likely N-dealkylation sites (tertiary alicyclic amines) is 1. The smallest absolute Gasteiger partial charge is 0.321 e. The van der Waals surface area contributed by atoms with Gasteiger partial charge in [-0.15, -0.1) is 0 Å². The summed E-state index contributed by atoms with van der Waals surface area (Å²) in [6, 6.07) is 6.51.